The highest BCUT2D eigenvalue weighted by atomic mass is 15.3. The maximum atomic E-state index is 2.50. The van der Waals surface area contributed by atoms with E-state index in [4.69, 9.17) is 0 Å². The second kappa shape index (κ2) is 4.58. The predicted octanol–water partition coefficient (Wildman–Crippen LogP) is 1.78. The molecule has 0 N–H and O–H groups in total. The molecule has 2 rings (SSSR count). The van der Waals surface area contributed by atoms with Crippen molar-refractivity contribution in [2.75, 3.05) is 26.8 Å². The second-order valence-electron chi connectivity index (χ2n) is 4.11. The van der Waals surface area contributed by atoms with E-state index in [2.05, 4.69) is 47.2 Å². The molecular weight excluding hydrogens is 172 g/mol. The van der Waals surface area contributed by atoms with Crippen LogP contribution in [0.5, 0.6) is 0 Å². The van der Waals surface area contributed by atoms with E-state index >= 15 is 0 Å². The van der Waals surface area contributed by atoms with Gasteiger partial charge in [-0.15, -0.1) is 0 Å². The van der Waals surface area contributed by atoms with E-state index in [9.17, 15) is 0 Å². The molecule has 1 aliphatic rings. The average Bonchev–Trinajstić information content (AvgIpc) is 2.19. The maximum Gasteiger partial charge on any atom is 0.0506 e. The lowest BCUT2D eigenvalue weighted by Gasteiger charge is -2.33. The predicted molar refractivity (Wildman–Crippen MR) is 59.0 cm³/mol. The minimum Gasteiger partial charge on any atom is -0.293 e. The van der Waals surface area contributed by atoms with Crippen LogP contribution in [-0.2, 0) is 6.54 Å². The van der Waals surface area contributed by atoms with Crippen molar-refractivity contribution in [2.45, 2.75) is 13.0 Å². The molecule has 0 aromatic heterocycles. The highest BCUT2D eigenvalue weighted by molar-refractivity contribution is 5.14. The van der Waals surface area contributed by atoms with Crippen molar-refractivity contribution in [3.05, 3.63) is 35.9 Å². The summed E-state index contributed by atoms with van der Waals surface area (Å²) in [5, 5.41) is 0. The summed E-state index contributed by atoms with van der Waals surface area (Å²) in [5.41, 5.74) is 1.42. The summed E-state index contributed by atoms with van der Waals surface area (Å²) in [6.45, 7) is 4.67. The highest BCUT2D eigenvalue weighted by Crippen LogP contribution is 2.09. The van der Waals surface area contributed by atoms with Gasteiger partial charge in [-0.2, -0.15) is 0 Å². The fourth-order valence-electron chi connectivity index (χ4n) is 2.02. The van der Waals surface area contributed by atoms with E-state index in [1.807, 2.05) is 0 Å². The molecule has 0 bridgehead atoms. The molecule has 0 atom stereocenters. The standard InChI is InChI=1S/C12H18N2/c1-13-8-5-9-14(11-13)10-12-6-3-2-4-7-12/h2-4,6-7H,5,8-11H2,1H3. The summed E-state index contributed by atoms with van der Waals surface area (Å²) in [7, 11) is 2.19. The van der Waals surface area contributed by atoms with Crippen molar-refractivity contribution in [1.29, 1.82) is 0 Å². The first-order valence-corrected chi connectivity index (χ1v) is 5.29. The molecule has 0 unspecified atom stereocenters. The van der Waals surface area contributed by atoms with Gasteiger partial charge in [-0.25, -0.2) is 0 Å². The van der Waals surface area contributed by atoms with Crippen molar-refractivity contribution < 1.29 is 0 Å². The number of nitrogens with zero attached hydrogens (tertiary/aromatic N) is 2. The minimum absolute atomic E-state index is 1.09. The lowest BCUT2D eigenvalue weighted by Crippen LogP contribution is -2.42. The van der Waals surface area contributed by atoms with Crippen LogP contribution < -0.4 is 0 Å². The fraction of sp³-hybridized carbons (Fsp3) is 0.500. The monoisotopic (exact) mass is 190 g/mol. The number of hydrogen-bond donors (Lipinski definition) is 0. The zero-order chi connectivity index (χ0) is 9.80. The third-order valence-electron chi connectivity index (χ3n) is 2.70. The summed E-state index contributed by atoms with van der Waals surface area (Å²) < 4.78 is 0. The van der Waals surface area contributed by atoms with E-state index in [1.54, 1.807) is 0 Å². The van der Waals surface area contributed by atoms with Crippen LogP contribution in [-0.4, -0.2) is 36.6 Å². The molecule has 1 aliphatic heterocycles. The van der Waals surface area contributed by atoms with Crippen LogP contribution in [0.1, 0.15) is 12.0 Å². The Morgan fingerprint density at radius 3 is 2.64 bits per heavy atom. The molecule has 2 heteroatoms. The van der Waals surface area contributed by atoms with Gasteiger partial charge in [0.1, 0.15) is 0 Å². The Kier molecular flexibility index (Phi) is 3.17. The van der Waals surface area contributed by atoms with Crippen LogP contribution in [0.15, 0.2) is 30.3 Å². The Labute approximate surface area is 86.1 Å². The molecule has 2 nitrogen and oxygen atoms in total. The van der Waals surface area contributed by atoms with Gasteiger partial charge in [0, 0.05) is 19.6 Å². The van der Waals surface area contributed by atoms with Gasteiger partial charge in [-0.1, -0.05) is 30.3 Å². The third-order valence-corrected chi connectivity index (χ3v) is 2.70. The fourth-order valence-corrected chi connectivity index (χ4v) is 2.02. The van der Waals surface area contributed by atoms with Crippen molar-refractivity contribution in [3.63, 3.8) is 0 Å². The zero-order valence-corrected chi connectivity index (χ0v) is 8.82. The minimum atomic E-state index is 1.09. The van der Waals surface area contributed by atoms with Crippen LogP contribution in [0.2, 0.25) is 0 Å². The molecule has 0 aliphatic carbocycles. The molecule has 0 amide bonds. The first-order chi connectivity index (χ1) is 6.84. The molecular formula is C12H18N2. The van der Waals surface area contributed by atoms with Gasteiger partial charge >= 0.3 is 0 Å². The molecule has 1 fully saturated rings. The normalized spacial score (nSPS) is 19.8. The van der Waals surface area contributed by atoms with Gasteiger partial charge in [-0.3, -0.25) is 9.80 Å². The highest BCUT2D eigenvalue weighted by Gasteiger charge is 2.13. The molecule has 0 spiro atoms. The summed E-state index contributed by atoms with van der Waals surface area (Å²) in [4.78, 5) is 4.88. The van der Waals surface area contributed by atoms with Crippen LogP contribution in [0.4, 0.5) is 0 Å². The molecule has 0 saturated carbocycles. The maximum absolute atomic E-state index is 2.50. The van der Waals surface area contributed by atoms with Gasteiger partial charge in [-0.05, 0) is 19.0 Å². The van der Waals surface area contributed by atoms with E-state index in [0.29, 0.717) is 0 Å². The van der Waals surface area contributed by atoms with Gasteiger partial charge in [0.05, 0.1) is 6.67 Å². The smallest absolute Gasteiger partial charge is 0.0506 e. The van der Waals surface area contributed by atoms with Gasteiger partial charge in [0.25, 0.3) is 0 Å². The van der Waals surface area contributed by atoms with E-state index in [0.717, 1.165) is 13.2 Å². The quantitative estimate of drug-likeness (QED) is 0.701. The number of benzene rings is 1. The average molecular weight is 190 g/mol. The van der Waals surface area contributed by atoms with Gasteiger partial charge in [0.2, 0.25) is 0 Å². The van der Waals surface area contributed by atoms with Gasteiger partial charge < -0.3 is 0 Å². The van der Waals surface area contributed by atoms with Crippen LogP contribution in [0.3, 0.4) is 0 Å². The lowest BCUT2D eigenvalue weighted by molar-refractivity contribution is 0.101. The van der Waals surface area contributed by atoms with Crippen molar-refractivity contribution in [1.82, 2.24) is 9.80 Å². The van der Waals surface area contributed by atoms with Gasteiger partial charge in [0.15, 0.2) is 0 Å². The Hall–Kier alpha value is -0.860. The summed E-state index contributed by atoms with van der Waals surface area (Å²) >= 11 is 0. The van der Waals surface area contributed by atoms with Crippen LogP contribution in [0, 0.1) is 0 Å². The summed E-state index contributed by atoms with van der Waals surface area (Å²) in [6.07, 6.45) is 1.29. The number of rotatable bonds is 2. The Bertz CT molecular complexity index is 271. The summed E-state index contributed by atoms with van der Waals surface area (Å²) in [5.74, 6) is 0. The molecule has 14 heavy (non-hydrogen) atoms. The van der Waals surface area contributed by atoms with Crippen LogP contribution in [0.25, 0.3) is 0 Å². The SMILES string of the molecule is CN1CCCN(Cc2ccccc2)C1. The molecule has 1 saturated heterocycles. The van der Waals surface area contributed by atoms with Crippen LogP contribution >= 0.6 is 0 Å². The molecule has 76 valence electrons. The second-order valence-corrected chi connectivity index (χ2v) is 4.11. The summed E-state index contributed by atoms with van der Waals surface area (Å²) in [6, 6.07) is 10.7. The Balaban J connectivity index is 1.91. The Morgan fingerprint density at radius 2 is 1.93 bits per heavy atom. The molecule has 1 aromatic rings. The van der Waals surface area contributed by atoms with Crippen molar-refractivity contribution in [3.8, 4) is 0 Å². The van der Waals surface area contributed by atoms with Crippen molar-refractivity contribution in [2.24, 2.45) is 0 Å². The first-order valence-electron chi connectivity index (χ1n) is 5.29. The number of hydrogen-bond acceptors (Lipinski definition) is 2. The first kappa shape index (κ1) is 9.69. The largest absolute Gasteiger partial charge is 0.293 e. The lowest BCUT2D eigenvalue weighted by atomic mass is 10.2. The zero-order valence-electron chi connectivity index (χ0n) is 8.82. The Morgan fingerprint density at radius 1 is 1.14 bits per heavy atom. The molecule has 1 heterocycles. The van der Waals surface area contributed by atoms with E-state index in [-0.39, 0.29) is 0 Å². The van der Waals surface area contributed by atoms with Crippen molar-refractivity contribution >= 4 is 0 Å². The molecule has 1 aromatic carbocycles. The van der Waals surface area contributed by atoms with E-state index in [1.165, 1.54) is 25.1 Å². The molecule has 0 radical (unpaired) electrons. The van der Waals surface area contributed by atoms with E-state index < -0.39 is 0 Å². The topological polar surface area (TPSA) is 6.48 Å². The third kappa shape index (κ3) is 2.56.